The molecule has 0 bridgehead atoms. The number of likely N-dealkylation sites (tertiary alicyclic amines) is 2. The number of carbonyl (C=O) groups excluding carboxylic acids is 1. The summed E-state index contributed by atoms with van der Waals surface area (Å²) in [4.78, 5) is 16.4. The van der Waals surface area contributed by atoms with Crippen LogP contribution in [0.15, 0.2) is 0 Å². The van der Waals surface area contributed by atoms with Crippen LogP contribution in [0.2, 0.25) is 0 Å². The van der Waals surface area contributed by atoms with Crippen LogP contribution in [0.25, 0.3) is 0 Å². The summed E-state index contributed by atoms with van der Waals surface area (Å²) in [5.41, 5.74) is 0. The molecule has 3 nitrogen and oxygen atoms in total. The monoisotopic (exact) mass is 196 g/mol. The molecule has 0 radical (unpaired) electrons. The van der Waals surface area contributed by atoms with E-state index < -0.39 is 0 Å². The Morgan fingerprint density at radius 1 is 1.21 bits per heavy atom. The second-order valence-corrected chi connectivity index (χ2v) is 4.66. The van der Waals surface area contributed by atoms with Crippen molar-refractivity contribution in [2.45, 2.75) is 44.7 Å². The second kappa shape index (κ2) is 3.89. The smallest absolute Gasteiger partial charge is 0.240 e. The van der Waals surface area contributed by atoms with Gasteiger partial charge in [0.2, 0.25) is 5.91 Å². The molecule has 14 heavy (non-hydrogen) atoms. The van der Waals surface area contributed by atoms with Gasteiger partial charge in [0.1, 0.15) is 0 Å². The SMILES string of the molecule is CC1CCCN1C(=O)C1CCCN1C. The summed E-state index contributed by atoms with van der Waals surface area (Å²) in [6, 6.07) is 0.645. The van der Waals surface area contributed by atoms with Gasteiger partial charge < -0.3 is 4.90 Å². The van der Waals surface area contributed by atoms with Gasteiger partial charge in [-0.2, -0.15) is 0 Å². The zero-order valence-electron chi connectivity index (χ0n) is 9.20. The van der Waals surface area contributed by atoms with Crippen LogP contribution in [-0.4, -0.2) is 47.9 Å². The lowest BCUT2D eigenvalue weighted by Crippen LogP contribution is -2.45. The van der Waals surface area contributed by atoms with Crippen molar-refractivity contribution in [3.8, 4) is 0 Å². The predicted molar refractivity (Wildman–Crippen MR) is 56.1 cm³/mol. The number of likely N-dealkylation sites (N-methyl/N-ethyl adjacent to an activating group) is 1. The van der Waals surface area contributed by atoms with Gasteiger partial charge in [0.25, 0.3) is 0 Å². The van der Waals surface area contributed by atoms with E-state index in [-0.39, 0.29) is 6.04 Å². The molecule has 2 atom stereocenters. The maximum atomic E-state index is 12.2. The molecule has 2 rings (SSSR count). The number of carbonyl (C=O) groups is 1. The van der Waals surface area contributed by atoms with Crippen LogP contribution < -0.4 is 0 Å². The summed E-state index contributed by atoms with van der Waals surface area (Å²) in [7, 11) is 2.07. The van der Waals surface area contributed by atoms with Crippen LogP contribution in [0.3, 0.4) is 0 Å². The highest BCUT2D eigenvalue weighted by atomic mass is 16.2. The quantitative estimate of drug-likeness (QED) is 0.627. The van der Waals surface area contributed by atoms with E-state index in [1.807, 2.05) is 0 Å². The maximum Gasteiger partial charge on any atom is 0.240 e. The van der Waals surface area contributed by atoms with Crippen LogP contribution >= 0.6 is 0 Å². The van der Waals surface area contributed by atoms with E-state index in [2.05, 4.69) is 23.8 Å². The summed E-state index contributed by atoms with van der Waals surface area (Å²) in [6.07, 6.45) is 4.60. The van der Waals surface area contributed by atoms with Gasteiger partial charge in [0, 0.05) is 12.6 Å². The normalized spacial score (nSPS) is 34.0. The van der Waals surface area contributed by atoms with Crippen molar-refractivity contribution < 1.29 is 4.79 Å². The van der Waals surface area contributed by atoms with Crippen molar-refractivity contribution in [1.82, 2.24) is 9.80 Å². The highest BCUT2D eigenvalue weighted by Crippen LogP contribution is 2.23. The van der Waals surface area contributed by atoms with Crippen LogP contribution in [-0.2, 0) is 4.79 Å². The molecule has 2 heterocycles. The Bertz CT molecular complexity index is 207. The summed E-state index contributed by atoms with van der Waals surface area (Å²) in [5, 5.41) is 0. The lowest BCUT2D eigenvalue weighted by molar-refractivity contribution is -0.136. The number of hydrogen-bond donors (Lipinski definition) is 0. The first kappa shape index (κ1) is 9.97. The predicted octanol–water partition coefficient (Wildman–Crippen LogP) is 1.09. The molecule has 3 heteroatoms. The van der Waals surface area contributed by atoms with Crippen LogP contribution in [0, 0.1) is 0 Å². The molecule has 0 saturated carbocycles. The summed E-state index contributed by atoms with van der Waals surface area (Å²) in [6.45, 7) is 4.23. The molecular formula is C11H20N2O. The summed E-state index contributed by atoms with van der Waals surface area (Å²) < 4.78 is 0. The molecule has 2 aliphatic rings. The lowest BCUT2D eigenvalue weighted by Gasteiger charge is -2.28. The van der Waals surface area contributed by atoms with Gasteiger partial charge in [0.15, 0.2) is 0 Å². The van der Waals surface area contributed by atoms with Crippen molar-refractivity contribution in [1.29, 1.82) is 0 Å². The van der Waals surface area contributed by atoms with E-state index in [0.717, 1.165) is 19.5 Å². The fraction of sp³-hybridized carbons (Fsp3) is 0.909. The lowest BCUT2D eigenvalue weighted by atomic mass is 10.2. The maximum absolute atomic E-state index is 12.2. The van der Waals surface area contributed by atoms with Crippen molar-refractivity contribution in [3.63, 3.8) is 0 Å². The Hall–Kier alpha value is -0.570. The van der Waals surface area contributed by atoms with Crippen LogP contribution in [0.5, 0.6) is 0 Å². The topological polar surface area (TPSA) is 23.6 Å². The molecule has 80 valence electrons. The molecule has 2 aliphatic heterocycles. The molecule has 0 aromatic heterocycles. The van der Waals surface area contributed by atoms with Gasteiger partial charge in [-0.25, -0.2) is 0 Å². The van der Waals surface area contributed by atoms with Crippen molar-refractivity contribution in [3.05, 3.63) is 0 Å². The standard InChI is InChI=1S/C11H20N2O/c1-9-5-3-8-13(9)11(14)10-6-4-7-12(10)2/h9-10H,3-8H2,1-2H3. The van der Waals surface area contributed by atoms with Gasteiger partial charge in [-0.15, -0.1) is 0 Å². The fourth-order valence-electron chi connectivity index (χ4n) is 2.67. The van der Waals surface area contributed by atoms with Gasteiger partial charge in [-0.05, 0) is 46.2 Å². The van der Waals surface area contributed by atoms with Gasteiger partial charge in [-0.1, -0.05) is 0 Å². The second-order valence-electron chi connectivity index (χ2n) is 4.66. The highest BCUT2D eigenvalue weighted by Gasteiger charge is 2.34. The van der Waals surface area contributed by atoms with Gasteiger partial charge in [0.05, 0.1) is 6.04 Å². The van der Waals surface area contributed by atoms with Crippen LogP contribution in [0.4, 0.5) is 0 Å². The Morgan fingerprint density at radius 3 is 2.43 bits per heavy atom. The molecule has 0 aromatic rings. The van der Waals surface area contributed by atoms with E-state index >= 15 is 0 Å². The van der Waals surface area contributed by atoms with Gasteiger partial charge in [-0.3, -0.25) is 9.69 Å². The fourth-order valence-corrected chi connectivity index (χ4v) is 2.67. The Balaban J connectivity index is 2.00. The molecular weight excluding hydrogens is 176 g/mol. The zero-order valence-corrected chi connectivity index (χ0v) is 9.20. The van der Waals surface area contributed by atoms with E-state index in [4.69, 9.17) is 0 Å². The number of amides is 1. The van der Waals surface area contributed by atoms with Crippen molar-refractivity contribution >= 4 is 5.91 Å². The minimum atomic E-state index is 0.176. The van der Waals surface area contributed by atoms with E-state index in [1.165, 1.54) is 19.3 Å². The molecule has 0 aromatic carbocycles. The molecule has 0 N–H and O–H groups in total. The molecule has 0 spiro atoms. The summed E-state index contributed by atoms with van der Waals surface area (Å²) >= 11 is 0. The third-order valence-electron chi connectivity index (χ3n) is 3.64. The zero-order chi connectivity index (χ0) is 10.1. The Labute approximate surface area is 86.1 Å². The largest absolute Gasteiger partial charge is 0.339 e. The molecule has 1 amide bonds. The first-order valence-corrected chi connectivity index (χ1v) is 5.71. The highest BCUT2D eigenvalue weighted by molar-refractivity contribution is 5.82. The van der Waals surface area contributed by atoms with E-state index in [9.17, 15) is 4.79 Å². The number of hydrogen-bond acceptors (Lipinski definition) is 2. The van der Waals surface area contributed by atoms with Gasteiger partial charge >= 0.3 is 0 Å². The first-order valence-electron chi connectivity index (χ1n) is 5.71. The third kappa shape index (κ3) is 1.65. The number of nitrogens with zero attached hydrogens (tertiary/aromatic N) is 2. The molecule has 2 fully saturated rings. The Kier molecular flexibility index (Phi) is 2.77. The van der Waals surface area contributed by atoms with Crippen molar-refractivity contribution in [2.24, 2.45) is 0 Å². The minimum Gasteiger partial charge on any atom is -0.339 e. The number of rotatable bonds is 1. The average Bonchev–Trinajstić information content (AvgIpc) is 2.73. The van der Waals surface area contributed by atoms with E-state index in [1.54, 1.807) is 0 Å². The Morgan fingerprint density at radius 2 is 1.93 bits per heavy atom. The third-order valence-corrected chi connectivity index (χ3v) is 3.64. The molecule has 2 saturated heterocycles. The first-order chi connectivity index (χ1) is 6.70. The minimum absolute atomic E-state index is 0.176. The molecule has 2 unspecified atom stereocenters. The molecule has 0 aliphatic carbocycles. The average molecular weight is 196 g/mol. The van der Waals surface area contributed by atoms with E-state index in [0.29, 0.717) is 11.9 Å². The van der Waals surface area contributed by atoms with Crippen LogP contribution in [0.1, 0.15) is 32.6 Å². The summed E-state index contributed by atoms with van der Waals surface area (Å²) in [5.74, 6) is 0.370. The van der Waals surface area contributed by atoms with Crippen molar-refractivity contribution in [2.75, 3.05) is 20.1 Å².